The molecule has 0 aliphatic carbocycles. The van der Waals surface area contributed by atoms with Crippen LogP contribution in [0.3, 0.4) is 0 Å². The number of nitrogens with zero attached hydrogens (tertiary/aromatic N) is 2. The molecule has 26 heavy (non-hydrogen) atoms. The lowest BCUT2D eigenvalue weighted by atomic mass is 10.2. The molecule has 1 heterocycles. The van der Waals surface area contributed by atoms with Crippen molar-refractivity contribution >= 4 is 45.3 Å². The van der Waals surface area contributed by atoms with Crippen LogP contribution >= 0.6 is 34.4 Å². The van der Waals surface area contributed by atoms with E-state index in [0.29, 0.717) is 5.39 Å². The summed E-state index contributed by atoms with van der Waals surface area (Å²) in [5.74, 6) is 0.980. The molecule has 0 unspecified atom stereocenters. The number of benzene rings is 2. The fourth-order valence-electron chi connectivity index (χ4n) is 2.92. The number of unbranched alkanes of at least 4 members (excludes halogenated alkanes) is 3. The van der Waals surface area contributed by atoms with Crippen LogP contribution < -0.4 is 5.56 Å². The minimum absolute atomic E-state index is 0.00942. The predicted molar refractivity (Wildman–Crippen MR) is 120 cm³/mol. The van der Waals surface area contributed by atoms with Crippen LogP contribution in [-0.4, -0.2) is 15.3 Å². The number of aromatic nitrogens is 2. The Morgan fingerprint density at radius 2 is 1.96 bits per heavy atom. The van der Waals surface area contributed by atoms with Gasteiger partial charge in [-0.15, -0.1) is 0 Å². The highest BCUT2D eigenvalue weighted by Gasteiger charge is 2.13. The van der Waals surface area contributed by atoms with Crippen LogP contribution in [0.15, 0.2) is 52.4 Å². The molecule has 0 fully saturated rings. The number of thioether (sulfide) groups is 1. The molecular formula is C21H23IN2OS. The highest BCUT2D eigenvalue weighted by Crippen LogP contribution is 2.24. The van der Waals surface area contributed by atoms with Crippen LogP contribution in [0, 0.1) is 10.5 Å². The van der Waals surface area contributed by atoms with Gasteiger partial charge in [0.05, 0.1) is 16.6 Å². The first-order chi connectivity index (χ1) is 12.6. The summed E-state index contributed by atoms with van der Waals surface area (Å²) < 4.78 is 2.82. The minimum atomic E-state index is 0.00942. The molecule has 0 amide bonds. The summed E-state index contributed by atoms with van der Waals surface area (Å²) in [6.07, 6.45) is 4.86. The van der Waals surface area contributed by atoms with Crippen LogP contribution in [0.4, 0.5) is 0 Å². The van der Waals surface area contributed by atoms with E-state index in [1.54, 1.807) is 16.3 Å². The molecule has 0 aliphatic heterocycles. The molecule has 3 aromatic rings. The second-order valence-electron chi connectivity index (χ2n) is 6.44. The maximum absolute atomic E-state index is 13.3. The quantitative estimate of drug-likeness (QED) is 0.182. The van der Waals surface area contributed by atoms with E-state index in [1.807, 2.05) is 49.4 Å². The van der Waals surface area contributed by atoms with E-state index in [4.69, 9.17) is 4.98 Å². The van der Waals surface area contributed by atoms with Gasteiger partial charge in [-0.2, -0.15) is 0 Å². The summed E-state index contributed by atoms with van der Waals surface area (Å²) in [5, 5.41) is 1.46. The van der Waals surface area contributed by atoms with Crippen molar-refractivity contribution in [2.75, 3.05) is 5.75 Å². The summed E-state index contributed by atoms with van der Waals surface area (Å²) >= 11 is 3.92. The van der Waals surface area contributed by atoms with Crippen molar-refractivity contribution in [3.63, 3.8) is 0 Å². The second-order valence-corrected chi connectivity index (χ2v) is 8.75. The van der Waals surface area contributed by atoms with Gasteiger partial charge in [-0.05, 0) is 71.8 Å². The molecule has 3 rings (SSSR count). The Balaban J connectivity index is 2.07. The van der Waals surface area contributed by atoms with E-state index in [9.17, 15) is 4.79 Å². The molecule has 0 N–H and O–H groups in total. The van der Waals surface area contributed by atoms with Crippen LogP contribution in [0.1, 0.15) is 38.2 Å². The molecule has 2 aromatic carbocycles. The van der Waals surface area contributed by atoms with Crippen molar-refractivity contribution in [3.05, 3.63) is 62.0 Å². The number of fused-ring (bicyclic) bond motifs is 1. The third kappa shape index (κ3) is 4.49. The molecule has 0 saturated heterocycles. The van der Waals surface area contributed by atoms with Crippen molar-refractivity contribution in [3.8, 4) is 5.69 Å². The third-order valence-corrected chi connectivity index (χ3v) is 5.98. The molecule has 1 aromatic heterocycles. The zero-order valence-corrected chi connectivity index (χ0v) is 18.1. The van der Waals surface area contributed by atoms with Crippen LogP contribution in [0.5, 0.6) is 0 Å². The lowest BCUT2D eigenvalue weighted by Crippen LogP contribution is -2.22. The van der Waals surface area contributed by atoms with Crippen molar-refractivity contribution < 1.29 is 0 Å². The van der Waals surface area contributed by atoms with E-state index < -0.39 is 0 Å². The smallest absolute Gasteiger partial charge is 0.266 e. The largest absolute Gasteiger partial charge is 0.268 e. The lowest BCUT2D eigenvalue weighted by molar-refractivity contribution is 0.705. The van der Waals surface area contributed by atoms with Gasteiger partial charge in [0.25, 0.3) is 5.56 Å². The van der Waals surface area contributed by atoms with Crippen molar-refractivity contribution in [2.45, 2.75) is 44.7 Å². The molecule has 3 nitrogen and oxygen atoms in total. The van der Waals surface area contributed by atoms with E-state index in [-0.39, 0.29) is 5.56 Å². The molecule has 0 atom stereocenters. The lowest BCUT2D eigenvalue weighted by Gasteiger charge is -2.14. The standard InChI is InChI=1S/C21H23IN2OS/c1-3-4-5-6-12-26-21-23-19-11-10-16(22)14-18(19)20(25)24(21)17-9-7-8-15(2)13-17/h7-11,13-14H,3-6,12H2,1-2H3. The van der Waals surface area contributed by atoms with Gasteiger partial charge in [-0.1, -0.05) is 50.1 Å². The van der Waals surface area contributed by atoms with Gasteiger partial charge in [-0.3, -0.25) is 9.36 Å². The normalized spacial score (nSPS) is 11.2. The van der Waals surface area contributed by atoms with Gasteiger partial charge in [0.15, 0.2) is 5.16 Å². The first kappa shape index (κ1) is 19.4. The summed E-state index contributed by atoms with van der Waals surface area (Å²) in [6.45, 7) is 4.26. The summed E-state index contributed by atoms with van der Waals surface area (Å²) in [6, 6.07) is 13.9. The van der Waals surface area contributed by atoms with Crippen molar-refractivity contribution in [1.82, 2.24) is 9.55 Å². The van der Waals surface area contributed by atoms with E-state index in [0.717, 1.165) is 37.7 Å². The molecular weight excluding hydrogens is 455 g/mol. The Bertz CT molecular complexity index is 968. The number of aryl methyl sites for hydroxylation is 1. The van der Waals surface area contributed by atoms with E-state index in [2.05, 4.69) is 29.5 Å². The monoisotopic (exact) mass is 478 g/mol. The number of hydrogen-bond acceptors (Lipinski definition) is 3. The SMILES string of the molecule is CCCCCCSc1nc2ccc(I)cc2c(=O)n1-c1cccc(C)c1. The van der Waals surface area contributed by atoms with E-state index >= 15 is 0 Å². The number of hydrogen-bond donors (Lipinski definition) is 0. The van der Waals surface area contributed by atoms with Gasteiger partial charge < -0.3 is 0 Å². The molecule has 0 bridgehead atoms. The maximum atomic E-state index is 13.3. The van der Waals surface area contributed by atoms with Gasteiger partial charge in [-0.25, -0.2) is 4.98 Å². The molecule has 0 saturated carbocycles. The predicted octanol–water partition coefficient (Wildman–Crippen LogP) is 5.97. The average molecular weight is 478 g/mol. The maximum Gasteiger partial charge on any atom is 0.266 e. The third-order valence-electron chi connectivity index (χ3n) is 4.29. The summed E-state index contributed by atoms with van der Waals surface area (Å²) in [7, 11) is 0. The van der Waals surface area contributed by atoms with E-state index in [1.165, 1.54) is 19.3 Å². The van der Waals surface area contributed by atoms with Gasteiger partial charge in [0.2, 0.25) is 0 Å². The molecule has 0 aliphatic rings. The average Bonchev–Trinajstić information content (AvgIpc) is 2.62. The van der Waals surface area contributed by atoms with Crippen molar-refractivity contribution in [2.24, 2.45) is 0 Å². The Morgan fingerprint density at radius 1 is 1.12 bits per heavy atom. The fraction of sp³-hybridized carbons (Fsp3) is 0.333. The molecule has 0 spiro atoms. The molecule has 0 radical (unpaired) electrons. The highest BCUT2D eigenvalue weighted by atomic mass is 127. The Labute approximate surface area is 172 Å². The topological polar surface area (TPSA) is 34.9 Å². The Morgan fingerprint density at radius 3 is 2.73 bits per heavy atom. The molecule has 136 valence electrons. The Kier molecular flexibility index (Phi) is 6.75. The van der Waals surface area contributed by atoms with Gasteiger partial charge in [0.1, 0.15) is 0 Å². The summed E-state index contributed by atoms with van der Waals surface area (Å²) in [5.41, 5.74) is 2.81. The van der Waals surface area contributed by atoms with Crippen LogP contribution in [0.2, 0.25) is 0 Å². The first-order valence-electron chi connectivity index (χ1n) is 9.02. The fourth-order valence-corrected chi connectivity index (χ4v) is 4.42. The first-order valence-corrected chi connectivity index (χ1v) is 11.1. The number of rotatable bonds is 7. The Hall–Kier alpha value is -1.34. The van der Waals surface area contributed by atoms with Crippen LogP contribution in [0.25, 0.3) is 16.6 Å². The van der Waals surface area contributed by atoms with Gasteiger partial charge >= 0.3 is 0 Å². The second kappa shape index (κ2) is 9.04. The highest BCUT2D eigenvalue weighted by molar-refractivity contribution is 14.1. The summed E-state index contributed by atoms with van der Waals surface area (Å²) in [4.78, 5) is 18.1. The zero-order chi connectivity index (χ0) is 18.5. The number of halogens is 1. The zero-order valence-electron chi connectivity index (χ0n) is 15.2. The van der Waals surface area contributed by atoms with Crippen molar-refractivity contribution in [1.29, 1.82) is 0 Å². The van der Waals surface area contributed by atoms with Gasteiger partial charge in [0, 0.05) is 9.32 Å². The minimum Gasteiger partial charge on any atom is -0.268 e. The molecule has 5 heteroatoms. The van der Waals surface area contributed by atoms with Crippen LogP contribution in [-0.2, 0) is 0 Å².